The van der Waals surface area contributed by atoms with Crippen molar-refractivity contribution in [2.24, 2.45) is 0 Å². The van der Waals surface area contributed by atoms with Crippen LogP contribution in [-0.2, 0) is 16.1 Å². The number of carbonyl (C=O) groups is 2. The first-order valence-corrected chi connectivity index (χ1v) is 5.71. The Balaban J connectivity index is 2.16. The van der Waals surface area contributed by atoms with Gasteiger partial charge < -0.3 is 4.74 Å². The van der Waals surface area contributed by atoms with Gasteiger partial charge in [-0.1, -0.05) is 12.1 Å². The van der Waals surface area contributed by atoms with Gasteiger partial charge in [0, 0.05) is 11.1 Å². The van der Waals surface area contributed by atoms with Crippen molar-refractivity contribution in [3.8, 4) is 5.75 Å². The summed E-state index contributed by atoms with van der Waals surface area (Å²) in [5.74, 6) is 0.352. The van der Waals surface area contributed by atoms with Crippen LogP contribution < -0.4 is 4.74 Å². The quantitative estimate of drug-likeness (QED) is 0.764. The summed E-state index contributed by atoms with van der Waals surface area (Å²) >= 11 is 0. The van der Waals surface area contributed by atoms with Gasteiger partial charge in [0.2, 0.25) is 0 Å². The highest BCUT2D eigenvalue weighted by Gasteiger charge is 2.32. The fourth-order valence-electron chi connectivity index (χ4n) is 1.88. The van der Waals surface area contributed by atoms with E-state index in [4.69, 9.17) is 4.74 Å². The Morgan fingerprint density at radius 3 is 1.94 bits per heavy atom. The number of hydrogen-bond donors (Lipinski definition) is 0. The van der Waals surface area contributed by atoms with Gasteiger partial charge in [0.15, 0.2) is 0 Å². The van der Waals surface area contributed by atoms with Gasteiger partial charge in [-0.2, -0.15) is 0 Å². The molecular weight excluding hydrogens is 230 g/mol. The lowest BCUT2D eigenvalue weighted by Gasteiger charge is -2.15. The van der Waals surface area contributed by atoms with E-state index < -0.39 is 0 Å². The average Bonchev–Trinajstić information content (AvgIpc) is 2.57. The zero-order chi connectivity index (χ0) is 13.3. The minimum Gasteiger partial charge on any atom is -0.497 e. The van der Waals surface area contributed by atoms with Gasteiger partial charge in [-0.3, -0.25) is 14.5 Å². The van der Waals surface area contributed by atoms with Gasteiger partial charge in [-0.15, -0.1) is 0 Å². The van der Waals surface area contributed by atoms with E-state index in [-0.39, 0.29) is 11.8 Å². The van der Waals surface area contributed by atoms with Crippen molar-refractivity contribution in [2.75, 3.05) is 7.11 Å². The molecule has 1 aliphatic heterocycles. The largest absolute Gasteiger partial charge is 0.497 e. The van der Waals surface area contributed by atoms with E-state index in [1.54, 1.807) is 21.0 Å². The summed E-state index contributed by atoms with van der Waals surface area (Å²) < 4.78 is 5.06. The lowest BCUT2D eigenvalue weighted by Crippen LogP contribution is -2.30. The Morgan fingerprint density at radius 1 is 1.00 bits per heavy atom. The first-order chi connectivity index (χ1) is 8.54. The number of ether oxygens (including phenoxy) is 1. The first kappa shape index (κ1) is 12.4. The number of nitrogens with zero attached hydrogens (tertiary/aromatic N) is 1. The van der Waals surface area contributed by atoms with Gasteiger partial charge >= 0.3 is 0 Å². The van der Waals surface area contributed by atoms with Crippen molar-refractivity contribution in [1.29, 1.82) is 0 Å². The molecule has 2 rings (SSSR count). The van der Waals surface area contributed by atoms with Crippen molar-refractivity contribution in [1.82, 2.24) is 4.90 Å². The van der Waals surface area contributed by atoms with Crippen LogP contribution >= 0.6 is 0 Å². The lowest BCUT2D eigenvalue weighted by molar-refractivity contribution is -0.138. The predicted octanol–water partition coefficient (Wildman–Crippen LogP) is 1.90. The molecule has 2 amide bonds. The molecule has 4 heteroatoms. The molecule has 0 saturated carbocycles. The molecule has 94 valence electrons. The molecule has 0 saturated heterocycles. The van der Waals surface area contributed by atoms with E-state index in [0.29, 0.717) is 17.7 Å². The van der Waals surface area contributed by atoms with Gasteiger partial charge in [-0.25, -0.2) is 0 Å². The molecule has 0 atom stereocenters. The monoisotopic (exact) mass is 245 g/mol. The molecule has 0 spiro atoms. The van der Waals surface area contributed by atoms with E-state index in [0.717, 1.165) is 11.3 Å². The number of carbonyl (C=O) groups excluding carboxylic acids is 2. The highest BCUT2D eigenvalue weighted by molar-refractivity contribution is 6.18. The van der Waals surface area contributed by atoms with Crippen LogP contribution in [0.3, 0.4) is 0 Å². The fourth-order valence-corrected chi connectivity index (χ4v) is 1.88. The third-order valence-corrected chi connectivity index (χ3v) is 3.19. The molecule has 1 heterocycles. The minimum atomic E-state index is -0.201. The average molecular weight is 245 g/mol. The minimum absolute atomic E-state index is 0.201. The normalized spacial score (nSPS) is 15.6. The van der Waals surface area contributed by atoms with Gasteiger partial charge in [0.1, 0.15) is 5.75 Å². The summed E-state index contributed by atoms with van der Waals surface area (Å²) in [5, 5.41) is 0. The molecule has 1 aliphatic rings. The predicted molar refractivity (Wildman–Crippen MR) is 66.9 cm³/mol. The Morgan fingerprint density at radius 2 is 1.50 bits per heavy atom. The van der Waals surface area contributed by atoms with E-state index in [1.165, 1.54) is 4.90 Å². The number of imide groups is 1. The van der Waals surface area contributed by atoms with Crippen LogP contribution in [0, 0.1) is 0 Å². The molecule has 0 aliphatic carbocycles. The third-order valence-electron chi connectivity index (χ3n) is 3.19. The topological polar surface area (TPSA) is 46.6 Å². The van der Waals surface area contributed by atoms with Crippen LogP contribution in [0.25, 0.3) is 0 Å². The summed E-state index contributed by atoms with van der Waals surface area (Å²) in [6.07, 6.45) is 0. The summed E-state index contributed by atoms with van der Waals surface area (Å²) in [7, 11) is 1.60. The molecule has 1 aromatic carbocycles. The Labute approximate surface area is 106 Å². The smallest absolute Gasteiger partial charge is 0.257 e. The Hall–Kier alpha value is -2.10. The van der Waals surface area contributed by atoms with E-state index in [2.05, 4.69) is 0 Å². The van der Waals surface area contributed by atoms with Crippen molar-refractivity contribution >= 4 is 11.8 Å². The standard InChI is InChI=1S/C14H15NO3/c1-9-10(2)14(17)15(13(9)16)8-11-4-6-12(18-3)7-5-11/h4-7H,8H2,1-3H3. The van der Waals surface area contributed by atoms with Crippen LogP contribution in [-0.4, -0.2) is 23.8 Å². The van der Waals surface area contributed by atoms with Gasteiger partial charge in [0.25, 0.3) is 11.8 Å². The summed E-state index contributed by atoms with van der Waals surface area (Å²) in [5.41, 5.74) is 1.97. The fraction of sp³-hybridized carbons (Fsp3) is 0.286. The second-order valence-corrected chi connectivity index (χ2v) is 4.29. The van der Waals surface area contributed by atoms with Crippen molar-refractivity contribution in [2.45, 2.75) is 20.4 Å². The van der Waals surface area contributed by atoms with Crippen LogP contribution in [0.5, 0.6) is 5.75 Å². The molecule has 0 unspecified atom stereocenters. The molecular formula is C14H15NO3. The molecule has 0 fully saturated rings. The van der Waals surface area contributed by atoms with Crippen molar-refractivity contribution in [3.05, 3.63) is 41.0 Å². The zero-order valence-electron chi connectivity index (χ0n) is 10.7. The SMILES string of the molecule is COc1ccc(CN2C(=O)C(C)=C(C)C2=O)cc1. The summed E-state index contributed by atoms with van der Waals surface area (Å²) in [6.45, 7) is 3.67. The second-order valence-electron chi connectivity index (χ2n) is 4.29. The number of hydrogen-bond acceptors (Lipinski definition) is 3. The summed E-state index contributed by atoms with van der Waals surface area (Å²) in [4.78, 5) is 25.0. The highest BCUT2D eigenvalue weighted by atomic mass is 16.5. The molecule has 4 nitrogen and oxygen atoms in total. The Kier molecular flexibility index (Phi) is 3.19. The molecule has 18 heavy (non-hydrogen) atoms. The maximum Gasteiger partial charge on any atom is 0.257 e. The van der Waals surface area contributed by atoms with Crippen LogP contribution in [0.15, 0.2) is 35.4 Å². The van der Waals surface area contributed by atoms with Crippen LogP contribution in [0.1, 0.15) is 19.4 Å². The van der Waals surface area contributed by atoms with Crippen molar-refractivity contribution < 1.29 is 14.3 Å². The first-order valence-electron chi connectivity index (χ1n) is 5.71. The molecule has 0 N–H and O–H groups in total. The highest BCUT2D eigenvalue weighted by Crippen LogP contribution is 2.22. The number of amides is 2. The summed E-state index contributed by atoms with van der Waals surface area (Å²) in [6, 6.07) is 7.33. The van der Waals surface area contributed by atoms with Gasteiger partial charge in [0.05, 0.1) is 13.7 Å². The molecule has 0 radical (unpaired) electrons. The maximum atomic E-state index is 11.9. The number of methoxy groups -OCH3 is 1. The van der Waals surface area contributed by atoms with E-state index in [9.17, 15) is 9.59 Å². The molecule has 0 aromatic heterocycles. The number of rotatable bonds is 3. The van der Waals surface area contributed by atoms with Gasteiger partial charge in [-0.05, 0) is 31.5 Å². The molecule has 0 bridgehead atoms. The second kappa shape index (κ2) is 4.64. The van der Waals surface area contributed by atoms with Crippen LogP contribution in [0.2, 0.25) is 0 Å². The Bertz CT molecular complexity index is 504. The van der Waals surface area contributed by atoms with Crippen LogP contribution in [0.4, 0.5) is 0 Å². The zero-order valence-corrected chi connectivity index (χ0v) is 10.7. The van der Waals surface area contributed by atoms with Crippen molar-refractivity contribution in [3.63, 3.8) is 0 Å². The maximum absolute atomic E-state index is 11.9. The van der Waals surface area contributed by atoms with E-state index >= 15 is 0 Å². The number of benzene rings is 1. The third kappa shape index (κ3) is 2.01. The lowest BCUT2D eigenvalue weighted by atomic mass is 10.2. The molecule has 1 aromatic rings. The van der Waals surface area contributed by atoms with E-state index in [1.807, 2.05) is 24.3 Å².